The maximum Gasteiger partial charge on any atom is 0.0492 e. The molecule has 1 nitrogen and oxygen atoms in total. The molecule has 1 aromatic heterocycles. The maximum absolute atomic E-state index is 2.52. The smallest absolute Gasteiger partial charge is 0.0492 e. The Balaban J connectivity index is 1.57. The highest BCUT2D eigenvalue weighted by molar-refractivity contribution is 6.10. The molecule has 0 N–H and O–H groups in total. The van der Waals surface area contributed by atoms with E-state index in [1.165, 1.54) is 71.9 Å². The van der Waals surface area contributed by atoms with Crippen LogP contribution in [0.5, 0.6) is 0 Å². The fourth-order valence-corrected chi connectivity index (χ4v) is 6.49. The fraction of sp³-hybridized carbons (Fsp3) is 0.226. The van der Waals surface area contributed by atoms with E-state index in [9.17, 15) is 0 Å². The van der Waals surface area contributed by atoms with Gasteiger partial charge < -0.3 is 4.57 Å². The van der Waals surface area contributed by atoms with Gasteiger partial charge in [-0.05, 0) is 75.7 Å². The molecule has 2 aliphatic carbocycles. The second kappa shape index (κ2) is 5.72. The highest BCUT2D eigenvalue weighted by Gasteiger charge is 2.39. The van der Waals surface area contributed by atoms with Crippen LogP contribution >= 0.6 is 0 Å². The number of hydrogen-bond acceptors (Lipinski definition) is 0. The quantitative estimate of drug-likeness (QED) is 0.242. The van der Waals surface area contributed by atoms with Crippen molar-refractivity contribution in [3.63, 3.8) is 0 Å². The Kier molecular flexibility index (Phi) is 3.27. The van der Waals surface area contributed by atoms with Crippen LogP contribution in [-0.4, -0.2) is 4.57 Å². The minimum absolute atomic E-state index is 0.00521. The molecule has 7 rings (SSSR count). The maximum atomic E-state index is 2.52. The van der Waals surface area contributed by atoms with Gasteiger partial charge in [-0.1, -0.05) is 68.8 Å². The molecule has 0 radical (unpaired) electrons. The van der Waals surface area contributed by atoms with E-state index < -0.39 is 0 Å². The molecule has 0 aliphatic heterocycles. The molecule has 1 heterocycles. The average Bonchev–Trinajstić information content (AvgIpc) is 3.31. The van der Waals surface area contributed by atoms with Crippen LogP contribution in [0.1, 0.15) is 54.5 Å². The van der Waals surface area contributed by atoms with Crippen molar-refractivity contribution in [3.8, 4) is 22.3 Å². The molecule has 0 amide bonds. The first-order valence-electron chi connectivity index (χ1n) is 11.7. The molecular formula is C31H27N. The van der Waals surface area contributed by atoms with Gasteiger partial charge in [0.25, 0.3) is 0 Å². The average molecular weight is 414 g/mol. The molecule has 1 unspecified atom stereocenters. The van der Waals surface area contributed by atoms with Crippen molar-refractivity contribution in [2.24, 2.45) is 7.05 Å². The first kappa shape index (κ1) is 18.3. The number of fused-ring (bicyclic) bond motifs is 9. The summed E-state index contributed by atoms with van der Waals surface area (Å²) in [5.74, 6) is 0.452. The third-order valence-corrected chi connectivity index (χ3v) is 8.31. The molecule has 1 heteroatoms. The first-order valence-corrected chi connectivity index (χ1v) is 11.7. The predicted molar refractivity (Wildman–Crippen MR) is 136 cm³/mol. The summed E-state index contributed by atoms with van der Waals surface area (Å²) in [5, 5.41) is 2.70. The number of aryl methyl sites for hydroxylation is 2. The minimum atomic E-state index is -0.00521. The van der Waals surface area contributed by atoms with Crippen molar-refractivity contribution in [1.29, 1.82) is 0 Å². The molecule has 0 fully saturated rings. The van der Waals surface area contributed by atoms with Gasteiger partial charge in [-0.3, -0.25) is 0 Å². The van der Waals surface area contributed by atoms with Gasteiger partial charge in [-0.15, -0.1) is 0 Å². The van der Waals surface area contributed by atoms with E-state index >= 15 is 0 Å². The highest BCUT2D eigenvalue weighted by atomic mass is 14.9. The SMILES string of the molecule is Cc1ccc2c(c1)-c1cc3c(cc1C2C)C(C)(C)c1cc2c(cc1-3)c1ccccc1n2C. The molecule has 0 spiro atoms. The third kappa shape index (κ3) is 2.05. The Hall–Kier alpha value is -3.32. The zero-order valence-electron chi connectivity index (χ0n) is 19.4. The number of rotatable bonds is 0. The summed E-state index contributed by atoms with van der Waals surface area (Å²) in [5.41, 5.74) is 15.5. The standard InChI is InChI=1S/C31H27N/c1-17-10-11-19-18(2)21-15-27-24(13-23(21)22(19)12-17)25-14-26-20-8-6-7-9-29(20)32(5)30(26)16-28(25)31(27,3)4/h6-16,18H,1-5H3. The van der Waals surface area contributed by atoms with Gasteiger partial charge in [0, 0.05) is 40.2 Å². The molecule has 32 heavy (non-hydrogen) atoms. The summed E-state index contributed by atoms with van der Waals surface area (Å²) < 4.78 is 2.35. The predicted octanol–water partition coefficient (Wildman–Crippen LogP) is 8.08. The Bertz CT molecular complexity index is 1630. The Morgan fingerprint density at radius 1 is 0.688 bits per heavy atom. The van der Waals surface area contributed by atoms with Crippen molar-refractivity contribution >= 4 is 21.8 Å². The Morgan fingerprint density at radius 3 is 2.25 bits per heavy atom. The van der Waals surface area contributed by atoms with Crippen LogP contribution in [-0.2, 0) is 12.5 Å². The second-order valence-corrected chi connectivity index (χ2v) is 10.4. The van der Waals surface area contributed by atoms with E-state index in [-0.39, 0.29) is 5.41 Å². The molecule has 4 aromatic carbocycles. The summed E-state index contributed by atoms with van der Waals surface area (Å²) in [7, 11) is 2.20. The number of benzene rings is 4. The van der Waals surface area contributed by atoms with Crippen molar-refractivity contribution in [2.75, 3.05) is 0 Å². The zero-order valence-corrected chi connectivity index (χ0v) is 19.4. The monoisotopic (exact) mass is 413 g/mol. The van der Waals surface area contributed by atoms with E-state index in [4.69, 9.17) is 0 Å². The molecule has 5 aromatic rings. The molecule has 0 saturated heterocycles. The lowest BCUT2D eigenvalue weighted by molar-refractivity contribution is 0.659. The largest absolute Gasteiger partial charge is 0.344 e. The summed E-state index contributed by atoms with van der Waals surface area (Å²) in [4.78, 5) is 0. The lowest BCUT2D eigenvalue weighted by Gasteiger charge is -2.23. The van der Waals surface area contributed by atoms with E-state index in [0.717, 1.165) is 0 Å². The van der Waals surface area contributed by atoms with Gasteiger partial charge >= 0.3 is 0 Å². The van der Waals surface area contributed by atoms with Crippen LogP contribution in [0.15, 0.2) is 66.7 Å². The minimum Gasteiger partial charge on any atom is -0.344 e. The van der Waals surface area contributed by atoms with E-state index in [0.29, 0.717) is 5.92 Å². The third-order valence-electron chi connectivity index (χ3n) is 8.31. The van der Waals surface area contributed by atoms with E-state index in [1.54, 1.807) is 0 Å². The van der Waals surface area contributed by atoms with Gasteiger partial charge in [0.1, 0.15) is 0 Å². The van der Waals surface area contributed by atoms with Gasteiger partial charge in [0.15, 0.2) is 0 Å². The second-order valence-electron chi connectivity index (χ2n) is 10.4. The topological polar surface area (TPSA) is 4.93 Å². The summed E-state index contributed by atoms with van der Waals surface area (Å²) >= 11 is 0. The summed E-state index contributed by atoms with van der Waals surface area (Å²) in [6.45, 7) is 9.36. The fourth-order valence-electron chi connectivity index (χ4n) is 6.49. The first-order chi connectivity index (χ1) is 15.4. The zero-order chi connectivity index (χ0) is 21.9. The van der Waals surface area contributed by atoms with Crippen molar-refractivity contribution < 1.29 is 0 Å². The van der Waals surface area contributed by atoms with Crippen molar-refractivity contribution in [2.45, 2.75) is 39.0 Å². The number of aromatic nitrogens is 1. The molecule has 156 valence electrons. The Morgan fingerprint density at radius 2 is 1.41 bits per heavy atom. The van der Waals surface area contributed by atoms with Crippen LogP contribution < -0.4 is 0 Å². The van der Waals surface area contributed by atoms with Crippen LogP contribution in [0.4, 0.5) is 0 Å². The van der Waals surface area contributed by atoms with E-state index in [2.05, 4.69) is 106 Å². The lowest BCUT2D eigenvalue weighted by Crippen LogP contribution is -2.15. The highest BCUT2D eigenvalue weighted by Crippen LogP contribution is 2.55. The molecule has 0 saturated carbocycles. The number of hydrogen-bond donors (Lipinski definition) is 0. The summed E-state index contributed by atoms with van der Waals surface area (Å²) in [6.07, 6.45) is 0. The molecular weight excluding hydrogens is 386 g/mol. The normalized spacial score (nSPS) is 17.5. The molecule has 1 atom stereocenters. The van der Waals surface area contributed by atoms with Crippen LogP contribution in [0.2, 0.25) is 0 Å². The molecule has 0 bridgehead atoms. The van der Waals surface area contributed by atoms with Crippen molar-refractivity contribution in [3.05, 3.63) is 94.5 Å². The van der Waals surface area contributed by atoms with Gasteiger partial charge in [-0.2, -0.15) is 0 Å². The summed E-state index contributed by atoms with van der Waals surface area (Å²) in [6, 6.07) is 25.7. The molecule has 2 aliphatic rings. The van der Waals surface area contributed by atoms with Crippen molar-refractivity contribution in [1.82, 2.24) is 4.57 Å². The van der Waals surface area contributed by atoms with Crippen LogP contribution in [0.25, 0.3) is 44.1 Å². The van der Waals surface area contributed by atoms with Gasteiger partial charge in [0.2, 0.25) is 0 Å². The van der Waals surface area contributed by atoms with Gasteiger partial charge in [-0.25, -0.2) is 0 Å². The van der Waals surface area contributed by atoms with Gasteiger partial charge in [0.05, 0.1) is 0 Å². The number of nitrogens with zero attached hydrogens (tertiary/aromatic N) is 1. The number of para-hydroxylation sites is 1. The van der Waals surface area contributed by atoms with Crippen LogP contribution in [0, 0.1) is 6.92 Å². The Labute approximate surface area is 189 Å². The lowest BCUT2D eigenvalue weighted by atomic mass is 9.81. The van der Waals surface area contributed by atoms with E-state index in [1.807, 2.05) is 0 Å². The van der Waals surface area contributed by atoms with Crippen LogP contribution in [0.3, 0.4) is 0 Å².